The summed E-state index contributed by atoms with van der Waals surface area (Å²) in [5.41, 5.74) is 1.03. The molecule has 0 bridgehead atoms. The molecule has 3 aliphatic rings. The third kappa shape index (κ3) is 4.65. The van der Waals surface area contributed by atoms with E-state index in [0.29, 0.717) is 12.8 Å². The van der Waals surface area contributed by atoms with Gasteiger partial charge in [0.1, 0.15) is 11.4 Å². The molecule has 1 aromatic heterocycles. The van der Waals surface area contributed by atoms with Gasteiger partial charge in [-0.05, 0) is 56.2 Å². The number of amides is 2. The zero-order valence-electron chi connectivity index (χ0n) is 23.0. The number of aromatic nitrogens is 1. The van der Waals surface area contributed by atoms with Gasteiger partial charge in [0.15, 0.2) is 5.96 Å². The molecule has 0 spiro atoms. The van der Waals surface area contributed by atoms with Crippen molar-refractivity contribution >= 4 is 17.8 Å². The van der Waals surface area contributed by atoms with Crippen LogP contribution in [-0.2, 0) is 9.59 Å². The van der Waals surface area contributed by atoms with Crippen LogP contribution in [0.5, 0.6) is 5.75 Å². The minimum atomic E-state index is -0.438. The summed E-state index contributed by atoms with van der Waals surface area (Å²) in [6, 6.07) is 11.1. The van der Waals surface area contributed by atoms with Crippen molar-refractivity contribution in [3.63, 3.8) is 0 Å². The van der Waals surface area contributed by atoms with Crippen LogP contribution in [0.25, 0.3) is 0 Å². The number of pyridine rings is 1. The maximum absolute atomic E-state index is 13.8. The van der Waals surface area contributed by atoms with Crippen molar-refractivity contribution < 1.29 is 14.3 Å². The molecule has 2 amide bonds. The van der Waals surface area contributed by atoms with Crippen LogP contribution < -0.4 is 15.4 Å². The van der Waals surface area contributed by atoms with E-state index in [1.54, 1.807) is 17.3 Å². The van der Waals surface area contributed by atoms with E-state index in [9.17, 15) is 9.59 Å². The second-order valence-corrected chi connectivity index (χ2v) is 11.8. The van der Waals surface area contributed by atoms with E-state index in [2.05, 4.69) is 22.5 Å². The summed E-state index contributed by atoms with van der Waals surface area (Å²) in [4.78, 5) is 33.2. The first-order valence-electron chi connectivity index (χ1n) is 13.8. The molecule has 3 N–H and O–H groups in total. The number of para-hydroxylation sites is 1. The molecule has 1 aromatic carbocycles. The standard InChI is InChI=1S/C30H39N5O3/c1-6-30(7-2)16-23(36)35(28(31)34-30)26(19-11-10-14-32-17-19)24-18(3)25(24)27(37)33-21-15-29(4,5)38-22-13-9-8-12-20(21)22/h8-14,17-18,21,24-26H,6-7,15-16H2,1-5H3,(H2,31,34)(H,33,37)/t18?,21-,24?,25+,26-/m0/s1. The van der Waals surface area contributed by atoms with Gasteiger partial charge in [0.25, 0.3) is 0 Å². The largest absolute Gasteiger partial charge is 0.487 e. The second-order valence-electron chi connectivity index (χ2n) is 11.8. The first-order valence-corrected chi connectivity index (χ1v) is 13.8. The Kier molecular flexibility index (Phi) is 6.70. The summed E-state index contributed by atoms with van der Waals surface area (Å²) >= 11 is 0. The average Bonchev–Trinajstić information content (AvgIpc) is 3.55. The van der Waals surface area contributed by atoms with Crippen LogP contribution in [0.2, 0.25) is 0 Å². The van der Waals surface area contributed by atoms with Crippen molar-refractivity contribution in [3.05, 3.63) is 59.9 Å². The predicted molar refractivity (Wildman–Crippen MR) is 145 cm³/mol. The Balaban J connectivity index is 1.41. The van der Waals surface area contributed by atoms with Gasteiger partial charge in [0.2, 0.25) is 11.8 Å². The number of carbonyl (C=O) groups is 2. The second kappa shape index (κ2) is 9.71. The molecule has 3 heterocycles. The van der Waals surface area contributed by atoms with Gasteiger partial charge >= 0.3 is 0 Å². The van der Waals surface area contributed by atoms with Crippen LogP contribution in [0.15, 0.2) is 48.8 Å². The lowest BCUT2D eigenvalue weighted by Gasteiger charge is -2.45. The summed E-state index contributed by atoms with van der Waals surface area (Å²) in [5, 5.41) is 15.5. The molecule has 2 aromatic rings. The van der Waals surface area contributed by atoms with E-state index in [4.69, 9.17) is 10.1 Å². The van der Waals surface area contributed by atoms with Crippen molar-refractivity contribution in [3.8, 4) is 5.75 Å². The monoisotopic (exact) mass is 517 g/mol. The number of nitrogens with zero attached hydrogens (tertiary/aromatic N) is 2. The maximum atomic E-state index is 13.8. The van der Waals surface area contributed by atoms with E-state index >= 15 is 0 Å². The van der Waals surface area contributed by atoms with Crippen molar-refractivity contribution in [2.75, 3.05) is 0 Å². The summed E-state index contributed by atoms with van der Waals surface area (Å²) in [7, 11) is 0. The molecule has 8 heteroatoms. The molecule has 38 heavy (non-hydrogen) atoms. The van der Waals surface area contributed by atoms with Gasteiger partial charge in [0, 0.05) is 35.8 Å². The Morgan fingerprint density at radius 2 is 1.97 bits per heavy atom. The summed E-state index contributed by atoms with van der Waals surface area (Å²) in [5.74, 6) is 0.465. The predicted octanol–water partition coefficient (Wildman–Crippen LogP) is 4.74. The van der Waals surface area contributed by atoms with Crippen LogP contribution in [0.4, 0.5) is 0 Å². The highest BCUT2D eigenvalue weighted by atomic mass is 16.5. The van der Waals surface area contributed by atoms with Gasteiger partial charge < -0.3 is 15.4 Å². The number of rotatable bonds is 7. The van der Waals surface area contributed by atoms with Gasteiger partial charge in [-0.25, -0.2) is 0 Å². The van der Waals surface area contributed by atoms with Gasteiger partial charge in [-0.3, -0.25) is 24.9 Å². The molecule has 2 unspecified atom stereocenters. The summed E-state index contributed by atoms with van der Waals surface area (Å²) in [6.07, 6.45) is 5.97. The van der Waals surface area contributed by atoms with Crippen LogP contribution in [-0.4, -0.2) is 38.8 Å². The van der Waals surface area contributed by atoms with E-state index in [1.807, 2.05) is 64.1 Å². The number of guanidine groups is 1. The normalized spacial score (nSPS) is 28.0. The van der Waals surface area contributed by atoms with Gasteiger partial charge in [0.05, 0.1) is 18.5 Å². The molecule has 5 atom stereocenters. The fourth-order valence-electron chi connectivity index (χ4n) is 6.51. The van der Waals surface area contributed by atoms with Gasteiger partial charge in [-0.15, -0.1) is 0 Å². The number of nitrogens with one attached hydrogen (secondary N) is 3. The quantitative estimate of drug-likeness (QED) is 0.492. The number of ether oxygens (including phenoxy) is 1. The molecule has 8 nitrogen and oxygen atoms in total. The smallest absolute Gasteiger partial charge is 0.232 e. The summed E-state index contributed by atoms with van der Waals surface area (Å²) < 4.78 is 6.15. The maximum Gasteiger partial charge on any atom is 0.232 e. The zero-order chi connectivity index (χ0) is 27.2. The number of benzene rings is 1. The Morgan fingerprint density at radius 3 is 2.63 bits per heavy atom. The lowest BCUT2D eigenvalue weighted by atomic mass is 9.85. The SMILES string of the molecule is CCC1(CC)CC(=O)N([C@@H](c2cccnc2)C2C(C)[C@H]2C(=O)N[C@H]2CC(C)(C)Oc3ccccc32)C(=N)N1. The Hall–Kier alpha value is -3.42. The third-order valence-electron chi connectivity index (χ3n) is 8.85. The third-order valence-corrected chi connectivity index (χ3v) is 8.85. The van der Waals surface area contributed by atoms with Crippen molar-refractivity contribution in [1.29, 1.82) is 5.41 Å². The topological polar surface area (TPSA) is 107 Å². The Bertz CT molecular complexity index is 1210. The van der Waals surface area contributed by atoms with E-state index in [-0.39, 0.29) is 41.6 Å². The highest BCUT2D eigenvalue weighted by molar-refractivity contribution is 6.00. The minimum absolute atomic E-state index is 0.0192. The summed E-state index contributed by atoms with van der Waals surface area (Å²) in [6.45, 7) is 10.2. The average molecular weight is 518 g/mol. The van der Waals surface area contributed by atoms with E-state index in [1.165, 1.54) is 0 Å². The van der Waals surface area contributed by atoms with E-state index < -0.39 is 17.2 Å². The zero-order valence-corrected chi connectivity index (χ0v) is 23.0. The molecule has 2 aliphatic heterocycles. The lowest BCUT2D eigenvalue weighted by molar-refractivity contribution is -0.134. The molecule has 1 aliphatic carbocycles. The molecule has 1 saturated heterocycles. The Morgan fingerprint density at radius 1 is 1.24 bits per heavy atom. The molecule has 5 rings (SSSR count). The molecule has 0 radical (unpaired) electrons. The fraction of sp³-hybridized carbons (Fsp3) is 0.533. The first-order chi connectivity index (χ1) is 18.1. The van der Waals surface area contributed by atoms with Crippen molar-refractivity contribution in [2.24, 2.45) is 17.8 Å². The van der Waals surface area contributed by atoms with Crippen LogP contribution >= 0.6 is 0 Å². The molecular formula is C30H39N5O3. The first kappa shape index (κ1) is 26.2. The highest BCUT2D eigenvalue weighted by Gasteiger charge is 2.59. The lowest BCUT2D eigenvalue weighted by Crippen LogP contribution is -2.62. The molecule has 2 fully saturated rings. The molecule has 1 saturated carbocycles. The van der Waals surface area contributed by atoms with Gasteiger partial charge in [-0.2, -0.15) is 0 Å². The highest BCUT2D eigenvalue weighted by Crippen LogP contribution is 2.56. The number of fused-ring (bicyclic) bond motifs is 1. The minimum Gasteiger partial charge on any atom is -0.487 e. The number of hydrogen-bond acceptors (Lipinski definition) is 5. The van der Waals surface area contributed by atoms with Crippen LogP contribution in [0, 0.1) is 23.2 Å². The number of hydrogen-bond donors (Lipinski definition) is 3. The van der Waals surface area contributed by atoms with E-state index in [0.717, 1.165) is 29.7 Å². The van der Waals surface area contributed by atoms with Crippen LogP contribution in [0.1, 0.15) is 83.5 Å². The van der Waals surface area contributed by atoms with Crippen LogP contribution in [0.3, 0.4) is 0 Å². The molecule has 202 valence electrons. The van der Waals surface area contributed by atoms with Crippen molar-refractivity contribution in [1.82, 2.24) is 20.5 Å². The Labute approximate surface area is 225 Å². The number of carbonyl (C=O) groups excluding carboxylic acids is 2. The molecular weight excluding hydrogens is 478 g/mol. The fourth-order valence-corrected chi connectivity index (χ4v) is 6.51. The van der Waals surface area contributed by atoms with Gasteiger partial charge in [-0.1, -0.05) is 45.0 Å². The van der Waals surface area contributed by atoms with Crippen molar-refractivity contribution in [2.45, 2.75) is 83.5 Å².